The van der Waals surface area contributed by atoms with Gasteiger partial charge in [0.05, 0.1) is 0 Å². The highest BCUT2D eigenvalue weighted by Crippen LogP contribution is 2.28. The Hall–Kier alpha value is -3.42. The molecule has 0 aliphatic rings. The first-order valence-electron chi connectivity index (χ1n) is 10.9. The van der Waals surface area contributed by atoms with Crippen molar-refractivity contribution in [2.45, 2.75) is 58.9 Å². The van der Waals surface area contributed by atoms with E-state index in [2.05, 4.69) is 75.3 Å². The number of pyridine rings is 1. The first-order valence-corrected chi connectivity index (χ1v) is 10.9. The fourth-order valence-electron chi connectivity index (χ4n) is 3.52. The van der Waals surface area contributed by atoms with Crippen LogP contribution in [0, 0.1) is 0 Å². The van der Waals surface area contributed by atoms with Gasteiger partial charge in [0.25, 0.3) is 0 Å². The number of hydrogen-bond donors (Lipinski definition) is 1. The number of benzene rings is 1. The van der Waals surface area contributed by atoms with Crippen molar-refractivity contribution in [3.8, 4) is 22.6 Å². The van der Waals surface area contributed by atoms with E-state index in [1.165, 1.54) is 18.4 Å². The summed E-state index contributed by atoms with van der Waals surface area (Å²) in [6.07, 6.45) is 6.03. The minimum Gasteiger partial charge on any atom is -0.252 e. The standard InChI is InChI=1S/C23H28N8/c1-4-5-6-14-31-20(25-22(28-31)16(2)3)15-17-9-11-18(12-10-17)19-8-7-13-24-21(19)23-26-29-30-27-23/h7-13,16H,4-6,14-15H2,1-3H3,(H,26,27,29,30). The van der Waals surface area contributed by atoms with Crippen LogP contribution in [-0.2, 0) is 13.0 Å². The Labute approximate surface area is 182 Å². The van der Waals surface area contributed by atoms with E-state index in [9.17, 15) is 0 Å². The summed E-state index contributed by atoms with van der Waals surface area (Å²) in [5.74, 6) is 2.76. The summed E-state index contributed by atoms with van der Waals surface area (Å²) in [5.41, 5.74) is 3.94. The lowest BCUT2D eigenvalue weighted by Crippen LogP contribution is -2.07. The largest absolute Gasteiger partial charge is 0.252 e. The number of aromatic amines is 1. The van der Waals surface area contributed by atoms with E-state index in [4.69, 9.17) is 10.1 Å². The van der Waals surface area contributed by atoms with Crippen molar-refractivity contribution in [2.24, 2.45) is 0 Å². The molecule has 4 rings (SSSR count). The number of rotatable bonds is 9. The summed E-state index contributed by atoms with van der Waals surface area (Å²) in [5, 5.41) is 19.1. The molecule has 31 heavy (non-hydrogen) atoms. The molecule has 0 saturated carbocycles. The van der Waals surface area contributed by atoms with Crippen molar-refractivity contribution < 1.29 is 0 Å². The van der Waals surface area contributed by atoms with Crippen LogP contribution < -0.4 is 0 Å². The van der Waals surface area contributed by atoms with Gasteiger partial charge in [-0.2, -0.15) is 10.3 Å². The second-order valence-corrected chi connectivity index (χ2v) is 7.98. The van der Waals surface area contributed by atoms with Crippen LogP contribution in [0.1, 0.15) is 63.2 Å². The van der Waals surface area contributed by atoms with Gasteiger partial charge in [0.1, 0.15) is 11.5 Å². The normalized spacial score (nSPS) is 11.4. The molecule has 1 N–H and O–H groups in total. The molecule has 3 heterocycles. The second kappa shape index (κ2) is 9.59. The van der Waals surface area contributed by atoms with Gasteiger partial charge in [-0.25, -0.2) is 9.67 Å². The van der Waals surface area contributed by atoms with E-state index < -0.39 is 0 Å². The molecule has 160 valence electrons. The van der Waals surface area contributed by atoms with Crippen LogP contribution in [0.5, 0.6) is 0 Å². The van der Waals surface area contributed by atoms with Gasteiger partial charge in [0, 0.05) is 30.6 Å². The molecule has 1 aromatic carbocycles. The van der Waals surface area contributed by atoms with E-state index in [-0.39, 0.29) is 0 Å². The van der Waals surface area contributed by atoms with Crippen molar-refractivity contribution >= 4 is 0 Å². The maximum atomic E-state index is 4.83. The molecule has 4 aromatic rings. The van der Waals surface area contributed by atoms with Crippen LogP contribution in [0.3, 0.4) is 0 Å². The number of unbranched alkanes of at least 4 members (excludes halogenated alkanes) is 2. The van der Waals surface area contributed by atoms with Crippen LogP contribution in [0.2, 0.25) is 0 Å². The first kappa shape index (κ1) is 20.8. The van der Waals surface area contributed by atoms with Crippen LogP contribution in [0.15, 0.2) is 42.6 Å². The zero-order valence-electron chi connectivity index (χ0n) is 18.3. The average Bonchev–Trinajstić information content (AvgIpc) is 3.45. The van der Waals surface area contributed by atoms with Crippen molar-refractivity contribution in [3.05, 3.63) is 59.8 Å². The van der Waals surface area contributed by atoms with Crippen molar-refractivity contribution in [2.75, 3.05) is 0 Å². The maximum absolute atomic E-state index is 4.83. The van der Waals surface area contributed by atoms with Gasteiger partial charge in [0.15, 0.2) is 5.82 Å². The highest BCUT2D eigenvalue weighted by atomic mass is 15.5. The first-order chi connectivity index (χ1) is 15.2. The molecule has 8 heteroatoms. The predicted molar refractivity (Wildman–Crippen MR) is 119 cm³/mol. The molecule has 0 aliphatic carbocycles. The average molecular weight is 417 g/mol. The lowest BCUT2D eigenvalue weighted by Gasteiger charge is -2.08. The van der Waals surface area contributed by atoms with Gasteiger partial charge in [-0.15, -0.1) is 10.2 Å². The number of nitrogens with zero attached hydrogens (tertiary/aromatic N) is 7. The van der Waals surface area contributed by atoms with Gasteiger partial charge in [0.2, 0.25) is 5.82 Å². The smallest absolute Gasteiger partial charge is 0.223 e. The molecule has 0 bridgehead atoms. The van der Waals surface area contributed by atoms with Crippen molar-refractivity contribution in [1.29, 1.82) is 0 Å². The summed E-state index contributed by atoms with van der Waals surface area (Å²) in [7, 11) is 0. The van der Waals surface area contributed by atoms with Crippen LogP contribution in [0.25, 0.3) is 22.6 Å². The van der Waals surface area contributed by atoms with Gasteiger partial charge < -0.3 is 0 Å². The second-order valence-electron chi connectivity index (χ2n) is 7.98. The van der Waals surface area contributed by atoms with E-state index >= 15 is 0 Å². The van der Waals surface area contributed by atoms with Crippen LogP contribution in [-0.4, -0.2) is 40.4 Å². The Balaban J connectivity index is 1.56. The summed E-state index contributed by atoms with van der Waals surface area (Å²) in [6.45, 7) is 7.42. The van der Waals surface area contributed by atoms with Crippen LogP contribution in [0.4, 0.5) is 0 Å². The third kappa shape index (κ3) is 4.84. The maximum Gasteiger partial charge on any atom is 0.223 e. The molecule has 8 nitrogen and oxygen atoms in total. The number of aromatic nitrogens is 8. The van der Waals surface area contributed by atoms with Crippen molar-refractivity contribution in [1.82, 2.24) is 40.4 Å². The highest BCUT2D eigenvalue weighted by Gasteiger charge is 2.15. The molecule has 0 spiro atoms. The quantitative estimate of drug-likeness (QED) is 0.406. The summed E-state index contributed by atoms with van der Waals surface area (Å²) >= 11 is 0. The Kier molecular flexibility index (Phi) is 6.45. The predicted octanol–water partition coefficient (Wildman–Crippen LogP) is 4.42. The number of nitrogens with one attached hydrogen (secondary N) is 1. The molecule has 0 radical (unpaired) electrons. The Morgan fingerprint density at radius 3 is 2.61 bits per heavy atom. The number of aryl methyl sites for hydroxylation is 1. The molecule has 0 saturated heterocycles. The van der Waals surface area contributed by atoms with E-state index in [0.29, 0.717) is 17.4 Å². The summed E-state index contributed by atoms with van der Waals surface area (Å²) in [4.78, 5) is 9.27. The zero-order valence-corrected chi connectivity index (χ0v) is 18.3. The van der Waals surface area contributed by atoms with Gasteiger partial charge in [-0.1, -0.05) is 63.9 Å². The summed E-state index contributed by atoms with van der Waals surface area (Å²) in [6, 6.07) is 12.4. The summed E-state index contributed by atoms with van der Waals surface area (Å²) < 4.78 is 2.09. The van der Waals surface area contributed by atoms with E-state index in [1.807, 2.05) is 12.1 Å². The topological polar surface area (TPSA) is 98.1 Å². The molecule has 0 fully saturated rings. The SMILES string of the molecule is CCCCCn1nc(C(C)C)nc1Cc1ccc(-c2cccnc2-c2nn[nH]n2)cc1. The Morgan fingerprint density at radius 2 is 1.90 bits per heavy atom. The lowest BCUT2D eigenvalue weighted by atomic mass is 10.0. The van der Waals surface area contributed by atoms with Crippen molar-refractivity contribution in [3.63, 3.8) is 0 Å². The number of tetrazole rings is 1. The minimum atomic E-state index is 0.322. The van der Waals surface area contributed by atoms with Gasteiger partial charge in [-0.3, -0.25) is 4.98 Å². The third-order valence-electron chi connectivity index (χ3n) is 5.25. The number of H-pyrrole nitrogens is 1. The molecular formula is C23H28N8. The monoisotopic (exact) mass is 416 g/mol. The van der Waals surface area contributed by atoms with E-state index in [1.54, 1.807) is 6.20 Å². The fourth-order valence-corrected chi connectivity index (χ4v) is 3.52. The highest BCUT2D eigenvalue weighted by molar-refractivity contribution is 5.77. The fraction of sp³-hybridized carbons (Fsp3) is 0.391. The molecule has 0 aliphatic heterocycles. The minimum absolute atomic E-state index is 0.322. The lowest BCUT2D eigenvalue weighted by molar-refractivity contribution is 0.529. The molecular weight excluding hydrogens is 388 g/mol. The van der Waals surface area contributed by atoms with Gasteiger partial charge in [-0.05, 0) is 28.8 Å². The Morgan fingerprint density at radius 1 is 1.06 bits per heavy atom. The number of hydrogen-bond acceptors (Lipinski definition) is 6. The zero-order chi connectivity index (χ0) is 21.6. The molecule has 0 unspecified atom stereocenters. The van der Waals surface area contributed by atoms with Gasteiger partial charge >= 0.3 is 0 Å². The van der Waals surface area contributed by atoms with Crippen LogP contribution >= 0.6 is 0 Å². The molecule has 0 amide bonds. The molecule has 0 atom stereocenters. The third-order valence-corrected chi connectivity index (χ3v) is 5.25. The Bertz CT molecular complexity index is 1100. The van der Waals surface area contributed by atoms with E-state index in [0.717, 1.165) is 42.2 Å². The molecule has 3 aromatic heterocycles.